The van der Waals surface area contributed by atoms with Crippen LogP contribution in [0, 0.1) is 6.92 Å². The number of carbonyl (C=O) groups excluding carboxylic acids is 1. The second-order valence-corrected chi connectivity index (χ2v) is 7.20. The molecule has 150 valence electrons. The maximum Gasteiger partial charge on any atom is 0.271 e. The van der Waals surface area contributed by atoms with Crippen molar-refractivity contribution in [1.29, 1.82) is 0 Å². The van der Waals surface area contributed by atoms with Crippen molar-refractivity contribution in [2.75, 3.05) is 0 Å². The summed E-state index contributed by atoms with van der Waals surface area (Å²) in [5.74, 6) is 1.08. The topological polar surface area (TPSA) is 79.4 Å². The number of amides is 1. The standard InChI is InChI=1S/C23H19ClN4O2/c1-15-2-11-20-21(12-15)27-22(26-20)14-30-19-9-5-17(6-10-19)23(29)28-25-13-16-3-7-18(24)8-4-16/h2-13H,14H2,1H3,(H,26,27)(H,28,29)/b25-13+. The highest BCUT2D eigenvalue weighted by atomic mass is 35.5. The minimum absolute atomic E-state index is 0.306. The molecule has 3 aromatic carbocycles. The predicted molar refractivity (Wildman–Crippen MR) is 118 cm³/mol. The Morgan fingerprint density at radius 1 is 1.13 bits per heavy atom. The Balaban J connectivity index is 1.32. The first kappa shape index (κ1) is 19.7. The Morgan fingerprint density at radius 3 is 2.67 bits per heavy atom. The summed E-state index contributed by atoms with van der Waals surface area (Å²) < 4.78 is 5.77. The van der Waals surface area contributed by atoms with Gasteiger partial charge in [-0.25, -0.2) is 10.4 Å². The molecule has 0 spiro atoms. The van der Waals surface area contributed by atoms with Crippen LogP contribution >= 0.6 is 11.6 Å². The van der Waals surface area contributed by atoms with E-state index in [4.69, 9.17) is 16.3 Å². The zero-order valence-corrected chi connectivity index (χ0v) is 17.0. The second kappa shape index (κ2) is 8.80. The molecular weight excluding hydrogens is 400 g/mol. The maximum atomic E-state index is 12.2. The summed E-state index contributed by atoms with van der Waals surface area (Å²) in [6.45, 7) is 2.35. The third kappa shape index (κ3) is 4.85. The Hall–Kier alpha value is -3.64. The Bertz CT molecular complexity index is 1200. The number of halogens is 1. The molecule has 1 aromatic heterocycles. The van der Waals surface area contributed by atoms with Crippen LogP contribution in [0.2, 0.25) is 5.02 Å². The van der Waals surface area contributed by atoms with E-state index in [1.165, 1.54) is 5.56 Å². The van der Waals surface area contributed by atoms with Crippen LogP contribution in [0.4, 0.5) is 0 Å². The lowest BCUT2D eigenvalue weighted by Crippen LogP contribution is -2.17. The molecule has 0 atom stereocenters. The fraction of sp³-hybridized carbons (Fsp3) is 0.0870. The van der Waals surface area contributed by atoms with Gasteiger partial charge in [-0.2, -0.15) is 5.10 Å². The fourth-order valence-corrected chi connectivity index (χ4v) is 3.00. The van der Waals surface area contributed by atoms with Gasteiger partial charge in [0, 0.05) is 10.6 Å². The number of aromatic amines is 1. The van der Waals surface area contributed by atoms with Crippen LogP contribution in [-0.4, -0.2) is 22.1 Å². The first-order valence-electron chi connectivity index (χ1n) is 9.34. The SMILES string of the molecule is Cc1ccc2nc(COc3ccc(C(=O)N/N=C/c4ccc(Cl)cc4)cc3)[nH]c2c1. The third-order valence-electron chi connectivity index (χ3n) is 4.43. The van der Waals surface area contributed by atoms with Crippen LogP contribution in [0.25, 0.3) is 11.0 Å². The molecule has 1 heterocycles. The van der Waals surface area contributed by atoms with Crippen molar-refractivity contribution < 1.29 is 9.53 Å². The van der Waals surface area contributed by atoms with Crippen molar-refractivity contribution in [3.05, 3.63) is 94.3 Å². The van der Waals surface area contributed by atoms with Crippen LogP contribution in [0.1, 0.15) is 27.3 Å². The van der Waals surface area contributed by atoms with E-state index in [9.17, 15) is 4.79 Å². The summed E-state index contributed by atoms with van der Waals surface area (Å²) in [5.41, 5.74) is 6.88. The monoisotopic (exact) mass is 418 g/mol. The predicted octanol–water partition coefficient (Wildman–Crippen LogP) is 4.87. The molecule has 0 saturated carbocycles. The number of hydrogen-bond donors (Lipinski definition) is 2. The molecular formula is C23H19ClN4O2. The van der Waals surface area contributed by atoms with E-state index in [2.05, 4.69) is 26.6 Å². The quantitative estimate of drug-likeness (QED) is 0.346. The molecule has 7 heteroatoms. The number of aromatic nitrogens is 2. The molecule has 30 heavy (non-hydrogen) atoms. The average Bonchev–Trinajstić information content (AvgIpc) is 3.16. The van der Waals surface area contributed by atoms with Gasteiger partial charge in [0.25, 0.3) is 5.91 Å². The number of hydrogen-bond acceptors (Lipinski definition) is 4. The fourth-order valence-electron chi connectivity index (χ4n) is 2.88. The molecule has 2 N–H and O–H groups in total. The summed E-state index contributed by atoms with van der Waals surface area (Å²) >= 11 is 5.84. The highest BCUT2D eigenvalue weighted by Gasteiger charge is 2.06. The largest absolute Gasteiger partial charge is 0.486 e. The number of ether oxygens (including phenoxy) is 1. The minimum Gasteiger partial charge on any atom is -0.486 e. The smallest absolute Gasteiger partial charge is 0.271 e. The zero-order valence-electron chi connectivity index (χ0n) is 16.2. The molecule has 6 nitrogen and oxygen atoms in total. The Kier molecular flexibility index (Phi) is 5.77. The molecule has 0 fully saturated rings. The molecule has 0 unspecified atom stereocenters. The van der Waals surface area contributed by atoms with E-state index in [-0.39, 0.29) is 5.91 Å². The normalized spacial score (nSPS) is 11.1. The van der Waals surface area contributed by atoms with E-state index in [1.54, 1.807) is 42.6 Å². The molecule has 1 amide bonds. The van der Waals surface area contributed by atoms with Crippen molar-refractivity contribution >= 4 is 34.8 Å². The second-order valence-electron chi connectivity index (χ2n) is 6.77. The van der Waals surface area contributed by atoms with E-state index < -0.39 is 0 Å². The highest BCUT2D eigenvalue weighted by molar-refractivity contribution is 6.30. The van der Waals surface area contributed by atoms with Gasteiger partial charge in [0.05, 0.1) is 17.2 Å². The average molecular weight is 419 g/mol. The molecule has 4 rings (SSSR count). The van der Waals surface area contributed by atoms with E-state index in [0.717, 1.165) is 22.4 Å². The third-order valence-corrected chi connectivity index (χ3v) is 4.68. The summed E-state index contributed by atoms with van der Waals surface area (Å²) in [7, 11) is 0. The molecule has 0 radical (unpaired) electrons. The van der Waals surface area contributed by atoms with E-state index >= 15 is 0 Å². The first-order valence-corrected chi connectivity index (χ1v) is 9.72. The number of hydrazone groups is 1. The lowest BCUT2D eigenvalue weighted by atomic mass is 10.2. The zero-order chi connectivity index (χ0) is 20.9. The van der Waals surface area contributed by atoms with E-state index in [0.29, 0.717) is 22.9 Å². The lowest BCUT2D eigenvalue weighted by molar-refractivity contribution is 0.0955. The minimum atomic E-state index is -0.306. The number of H-pyrrole nitrogens is 1. The summed E-state index contributed by atoms with van der Waals surface area (Å²) in [6.07, 6.45) is 1.56. The number of benzene rings is 3. The van der Waals surface area contributed by atoms with Crippen LogP contribution in [0.3, 0.4) is 0 Å². The van der Waals surface area contributed by atoms with Gasteiger partial charge in [-0.3, -0.25) is 4.79 Å². The van der Waals surface area contributed by atoms with Crippen molar-refractivity contribution in [1.82, 2.24) is 15.4 Å². The number of fused-ring (bicyclic) bond motifs is 1. The maximum absolute atomic E-state index is 12.2. The van der Waals surface area contributed by atoms with Gasteiger partial charge in [-0.05, 0) is 66.6 Å². The van der Waals surface area contributed by atoms with Gasteiger partial charge >= 0.3 is 0 Å². The molecule has 0 bridgehead atoms. The first-order chi connectivity index (χ1) is 14.6. The van der Waals surface area contributed by atoms with Gasteiger partial charge in [0.15, 0.2) is 0 Å². The summed E-state index contributed by atoms with van der Waals surface area (Å²) in [4.78, 5) is 20.0. The van der Waals surface area contributed by atoms with Crippen LogP contribution in [0.15, 0.2) is 71.8 Å². The molecule has 4 aromatic rings. The number of aryl methyl sites for hydroxylation is 1. The van der Waals surface area contributed by atoms with Crippen LogP contribution in [0.5, 0.6) is 5.75 Å². The number of rotatable bonds is 6. The van der Waals surface area contributed by atoms with E-state index in [1.807, 2.05) is 31.2 Å². The molecule has 0 aliphatic heterocycles. The molecule has 0 aliphatic carbocycles. The Morgan fingerprint density at radius 2 is 1.90 bits per heavy atom. The lowest BCUT2D eigenvalue weighted by Gasteiger charge is -2.05. The van der Waals surface area contributed by atoms with Crippen molar-refractivity contribution in [3.63, 3.8) is 0 Å². The summed E-state index contributed by atoms with van der Waals surface area (Å²) in [6, 6.07) is 20.1. The highest BCUT2D eigenvalue weighted by Crippen LogP contribution is 2.17. The van der Waals surface area contributed by atoms with Crippen molar-refractivity contribution in [2.24, 2.45) is 5.10 Å². The number of imidazole rings is 1. The van der Waals surface area contributed by atoms with Crippen LogP contribution < -0.4 is 10.2 Å². The van der Waals surface area contributed by atoms with Gasteiger partial charge in [0.2, 0.25) is 0 Å². The van der Waals surface area contributed by atoms with Crippen molar-refractivity contribution in [3.8, 4) is 5.75 Å². The van der Waals surface area contributed by atoms with Gasteiger partial charge in [-0.1, -0.05) is 29.8 Å². The van der Waals surface area contributed by atoms with Gasteiger partial charge in [0.1, 0.15) is 18.2 Å². The van der Waals surface area contributed by atoms with Gasteiger partial charge < -0.3 is 9.72 Å². The number of carbonyl (C=O) groups is 1. The number of nitrogens with one attached hydrogen (secondary N) is 2. The van der Waals surface area contributed by atoms with Gasteiger partial charge in [-0.15, -0.1) is 0 Å². The molecule has 0 saturated heterocycles. The number of nitrogens with zero attached hydrogens (tertiary/aromatic N) is 2. The molecule has 0 aliphatic rings. The Labute approximate surface area is 178 Å². The van der Waals surface area contributed by atoms with Crippen LogP contribution in [-0.2, 0) is 6.61 Å². The summed E-state index contributed by atoms with van der Waals surface area (Å²) in [5, 5.41) is 4.61. The van der Waals surface area contributed by atoms with Crippen molar-refractivity contribution in [2.45, 2.75) is 13.5 Å².